The molecule has 0 atom stereocenters. The SMILES string of the molecule is N#Cc1cc2nc(-c3ccccc3)c(-c3ccccc3)nc2c2c(-c3ccc(-c4nc(-c5ccccc5)nc(-c5ccccc5)n4)cc3)nc3ccccc3c12. The lowest BCUT2D eigenvalue weighted by Gasteiger charge is -2.16. The van der Waals surface area contributed by atoms with Crippen molar-refractivity contribution < 1.29 is 0 Å². The van der Waals surface area contributed by atoms with Crippen LogP contribution in [0.4, 0.5) is 0 Å². The van der Waals surface area contributed by atoms with Gasteiger partial charge in [-0.25, -0.2) is 29.9 Å². The van der Waals surface area contributed by atoms with E-state index < -0.39 is 0 Å². The van der Waals surface area contributed by atoms with Crippen LogP contribution < -0.4 is 0 Å². The first-order valence-corrected chi connectivity index (χ1v) is 18.3. The standard InChI is InChI=1S/C49H29N7/c50-30-37-29-40-46(53-45(32-17-7-2-8-18-32)44(52-40)31-15-5-1-6-16-31)42-41(37)38-23-13-14-24-39(38)51-43(42)33-25-27-36(28-26-33)49-55-47(34-19-9-3-10-20-34)54-48(56-49)35-21-11-4-12-22-35/h1-29H. The molecule has 0 saturated heterocycles. The Bertz CT molecular complexity index is 3050. The smallest absolute Gasteiger partial charge is 0.164 e. The number of rotatable bonds is 6. The van der Waals surface area contributed by atoms with Crippen molar-refractivity contribution in [1.82, 2.24) is 29.9 Å². The first-order chi connectivity index (χ1) is 27.7. The van der Waals surface area contributed by atoms with Crippen molar-refractivity contribution in [3.8, 4) is 74.0 Å². The molecule has 260 valence electrons. The molecule has 0 aliphatic carbocycles. The highest BCUT2D eigenvalue weighted by molar-refractivity contribution is 6.22. The molecule has 56 heavy (non-hydrogen) atoms. The number of hydrogen-bond donors (Lipinski definition) is 0. The Morgan fingerprint density at radius 1 is 0.339 bits per heavy atom. The maximum absolute atomic E-state index is 10.7. The summed E-state index contributed by atoms with van der Waals surface area (Å²) in [6.45, 7) is 0. The van der Waals surface area contributed by atoms with Crippen molar-refractivity contribution in [2.45, 2.75) is 0 Å². The van der Waals surface area contributed by atoms with Crippen LogP contribution in [0.5, 0.6) is 0 Å². The highest BCUT2D eigenvalue weighted by atomic mass is 15.0. The molecule has 0 amide bonds. The van der Waals surface area contributed by atoms with Crippen molar-refractivity contribution in [1.29, 1.82) is 5.26 Å². The summed E-state index contributed by atoms with van der Waals surface area (Å²) in [6.07, 6.45) is 0. The molecular weight excluding hydrogens is 687 g/mol. The molecule has 0 bridgehead atoms. The number of benzene rings is 7. The van der Waals surface area contributed by atoms with E-state index in [0.29, 0.717) is 39.8 Å². The van der Waals surface area contributed by atoms with Gasteiger partial charge in [0.1, 0.15) is 0 Å². The Morgan fingerprint density at radius 2 is 0.750 bits per heavy atom. The van der Waals surface area contributed by atoms with E-state index in [9.17, 15) is 5.26 Å². The van der Waals surface area contributed by atoms with Gasteiger partial charge in [0.15, 0.2) is 17.5 Å². The average Bonchev–Trinajstić information content (AvgIpc) is 3.29. The molecule has 3 heterocycles. The molecule has 0 N–H and O–H groups in total. The third kappa shape index (κ3) is 5.79. The van der Waals surface area contributed by atoms with E-state index in [2.05, 4.69) is 18.2 Å². The zero-order valence-electron chi connectivity index (χ0n) is 29.9. The van der Waals surface area contributed by atoms with Crippen LogP contribution in [0.25, 0.3) is 101 Å². The van der Waals surface area contributed by atoms with E-state index >= 15 is 0 Å². The Kier molecular flexibility index (Phi) is 8.05. The number of aromatic nitrogens is 6. The van der Waals surface area contributed by atoms with Gasteiger partial charge >= 0.3 is 0 Å². The Morgan fingerprint density at radius 3 is 1.29 bits per heavy atom. The monoisotopic (exact) mass is 715 g/mol. The Labute approximate surface area is 322 Å². The number of nitrogens with zero attached hydrogens (tertiary/aromatic N) is 7. The molecule has 0 aliphatic heterocycles. The molecule has 10 aromatic rings. The lowest BCUT2D eigenvalue weighted by atomic mass is 9.94. The Balaban J connectivity index is 1.21. The van der Waals surface area contributed by atoms with Crippen molar-refractivity contribution in [2.75, 3.05) is 0 Å². The van der Waals surface area contributed by atoms with Gasteiger partial charge in [-0.2, -0.15) is 5.26 Å². The predicted octanol–water partition coefficient (Wildman–Crippen LogP) is 11.4. The molecule has 0 spiro atoms. The van der Waals surface area contributed by atoms with Gasteiger partial charge in [0.05, 0.1) is 45.3 Å². The summed E-state index contributed by atoms with van der Waals surface area (Å²) in [7, 11) is 0. The molecule has 7 aromatic carbocycles. The molecule has 7 heteroatoms. The molecule has 3 aromatic heterocycles. The summed E-state index contributed by atoms with van der Waals surface area (Å²) in [5.41, 5.74) is 10.2. The van der Waals surface area contributed by atoms with E-state index in [1.807, 2.05) is 164 Å². The fourth-order valence-corrected chi connectivity index (χ4v) is 7.27. The second-order valence-corrected chi connectivity index (χ2v) is 13.4. The second kappa shape index (κ2) is 13.8. The minimum atomic E-state index is 0.511. The van der Waals surface area contributed by atoms with Crippen LogP contribution in [-0.4, -0.2) is 29.9 Å². The highest BCUT2D eigenvalue weighted by Gasteiger charge is 2.22. The maximum Gasteiger partial charge on any atom is 0.164 e. The van der Waals surface area contributed by atoms with Gasteiger partial charge in [0.2, 0.25) is 0 Å². The Hall–Kier alpha value is -7.95. The summed E-state index contributed by atoms with van der Waals surface area (Å²) in [5, 5.41) is 13.1. The number of pyridine rings is 1. The summed E-state index contributed by atoms with van der Waals surface area (Å²) < 4.78 is 0. The maximum atomic E-state index is 10.7. The van der Waals surface area contributed by atoms with Crippen molar-refractivity contribution >= 4 is 32.7 Å². The predicted molar refractivity (Wildman–Crippen MR) is 223 cm³/mol. The zero-order chi connectivity index (χ0) is 37.4. The molecule has 10 rings (SSSR count). The molecule has 0 unspecified atom stereocenters. The van der Waals surface area contributed by atoms with Crippen molar-refractivity contribution in [3.63, 3.8) is 0 Å². The first kappa shape index (κ1) is 32.7. The topological polar surface area (TPSA) is 101 Å². The van der Waals surface area contributed by atoms with Crippen LogP contribution >= 0.6 is 0 Å². The van der Waals surface area contributed by atoms with Gasteiger partial charge in [-0.15, -0.1) is 0 Å². The fraction of sp³-hybridized carbons (Fsp3) is 0. The summed E-state index contributed by atoms with van der Waals surface area (Å²) in [4.78, 5) is 30.7. The number of fused-ring (bicyclic) bond motifs is 5. The highest BCUT2D eigenvalue weighted by Crippen LogP contribution is 2.41. The third-order valence-corrected chi connectivity index (χ3v) is 9.93. The van der Waals surface area contributed by atoms with Gasteiger partial charge in [0, 0.05) is 49.5 Å². The molecular formula is C49H29N7. The molecule has 7 nitrogen and oxygen atoms in total. The molecule has 0 saturated carbocycles. The lowest BCUT2D eigenvalue weighted by molar-refractivity contribution is 1.07. The quantitative estimate of drug-likeness (QED) is 0.158. The minimum absolute atomic E-state index is 0.511. The average molecular weight is 716 g/mol. The number of hydrogen-bond acceptors (Lipinski definition) is 7. The number of para-hydroxylation sites is 1. The van der Waals surface area contributed by atoms with Crippen LogP contribution in [0.1, 0.15) is 5.56 Å². The van der Waals surface area contributed by atoms with Gasteiger partial charge in [-0.05, 0) is 12.1 Å². The van der Waals surface area contributed by atoms with Gasteiger partial charge in [0.25, 0.3) is 0 Å². The molecule has 0 aliphatic rings. The second-order valence-electron chi connectivity index (χ2n) is 13.4. The van der Waals surface area contributed by atoms with Crippen LogP contribution in [0.3, 0.4) is 0 Å². The zero-order valence-corrected chi connectivity index (χ0v) is 29.9. The van der Waals surface area contributed by atoms with E-state index in [0.717, 1.165) is 66.4 Å². The largest absolute Gasteiger partial charge is 0.247 e. The van der Waals surface area contributed by atoms with Crippen LogP contribution in [0.15, 0.2) is 176 Å². The summed E-state index contributed by atoms with van der Waals surface area (Å²) in [5.74, 6) is 1.75. The van der Waals surface area contributed by atoms with Crippen LogP contribution in [0, 0.1) is 11.3 Å². The lowest BCUT2D eigenvalue weighted by Crippen LogP contribution is -2.00. The van der Waals surface area contributed by atoms with Gasteiger partial charge in [-0.1, -0.05) is 164 Å². The summed E-state index contributed by atoms with van der Waals surface area (Å²) in [6, 6.07) is 60.5. The normalized spacial score (nSPS) is 11.2. The van der Waals surface area contributed by atoms with Gasteiger partial charge in [-0.3, -0.25) is 0 Å². The minimum Gasteiger partial charge on any atom is -0.247 e. The first-order valence-electron chi connectivity index (χ1n) is 18.3. The van der Waals surface area contributed by atoms with Crippen LogP contribution in [0.2, 0.25) is 0 Å². The number of nitriles is 1. The molecule has 0 radical (unpaired) electrons. The van der Waals surface area contributed by atoms with E-state index in [1.165, 1.54) is 0 Å². The van der Waals surface area contributed by atoms with E-state index in [1.54, 1.807) is 0 Å². The van der Waals surface area contributed by atoms with Crippen molar-refractivity contribution in [3.05, 3.63) is 181 Å². The van der Waals surface area contributed by atoms with E-state index in [4.69, 9.17) is 29.9 Å². The summed E-state index contributed by atoms with van der Waals surface area (Å²) >= 11 is 0. The van der Waals surface area contributed by atoms with E-state index in [-0.39, 0.29) is 0 Å². The molecule has 0 fully saturated rings. The van der Waals surface area contributed by atoms with Crippen LogP contribution in [-0.2, 0) is 0 Å². The fourth-order valence-electron chi connectivity index (χ4n) is 7.27. The third-order valence-electron chi connectivity index (χ3n) is 9.93. The van der Waals surface area contributed by atoms with Gasteiger partial charge < -0.3 is 0 Å². The van der Waals surface area contributed by atoms with Crippen molar-refractivity contribution in [2.24, 2.45) is 0 Å².